The first-order valence-corrected chi connectivity index (χ1v) is 12.0. The van der Waals surface area contributed by atoms with Crippen molar-refractivity contribution in [1.29, 1.82) is 0 Å². The SMILES string of the molecule is C=CCn1c(S[C@@H](C)C(=O)NC23CC4CC(CC(C4)C2)C3)nnc1-c1ccccc1. The summed E-state index contributed by atoms with van der Waals surface area (Å²) >= 11 is 1.49. The molecular weight excluding hydrogens is 392 g/mol. The lowest BCUT2D eigenvalue weighted by atomic mass is 9.53. The molecule has 4 aliphatic carbocycles. The van der Waals surface area contributed by atoms with Crippen LogP contribution in [-0.2, 0) is 11.3 Å². The van der Waals surface area contributed by atoms with Crippen LogP contribution in [0.3, 0.4) is 0 Å². The molecule has 6 heteroatoms. The van der Waals surface area contributed by atoms with Crippen LogP contribution in [0, 0.1) is 17.8 Å². The highest BCUT2D eigenvalue weighted by atomic mass is 32.2. The summed E-state index contributed by atoms with van der Waals surface area (Å²) in [5.74, 6) is 3.42. The minimum absolute atomic E-state index is 0.0463. The number of benzene rings is 1. The van der Waals surface area contributed by atoms with Crippen LogP contribution in [0.1, 0.15) is 45.4 Å². The lowest BCUT2D eigenvalue weighted by molar-refractivity contribution is -0.126. The van der Waals surface area contributed by atoms with E-state index in [1.54, 1.807) is 0 Å². The molecule has 0 spiro atoms. The van der Waals surface area contributed by atoms with Crippen molar-refractivity contribution in [2.45, 2.75) is 67.9 Å². The summed E-state index contributed by atoms with van der Waals surface area (Å²) in [5, 5.41) is 12.9. The Hall–Kier alpha value is -2.08. The van der Waals surface area contributed by atoms with Crippen LogP contribution >= 0.6 is 11.8 Å². The Labute approximate surface area is 182 Å². The molecule has 0 unspecified atom stereocenters. The van der Waals surface area contributed by atoms with Gasteiger partial charge < -0.3 is 5.32 Å². The number of hydrogen-bond donors (Lipinski definition) is 1. The monoisotopic (exact) mass is 422 g/mol. The molecule has 4 fully saturated rings. The van der Waals surface area contributed by atoms with Gasteiger partial charge in [0.1, 0.15) is 0 Å². The third-order valence-corrected chi connectivity index (χ3v) is 8.22. The molecule has 0 saturated heterocycles. The quantitative estimate of drug-likeness (QED) is 0.519. The smallest absolute Gasteiger partial charge is 0.233 e. The van der Waals surface area contributed by atoms with Gasteiger partial charge in [-0.25, -0.2) is 0 Å². The van der Waals surface area contributed by atoms with E-state index in [9.17, 15) is 4.79 Å². The average molecular weight is 423 g/mol. The van der Waals surface area contributed by atoms with Gasteiger partial charge in [0.25, 0.3) is 0 Å². The first-order chi connectivity index (χ1) is 14.5. The molecule has 4 saturated carbocycles. The van der Waals surface area contributed by atoms with Gasteiger partial charge in [-0.3, -0.25) is 9.36 Å². The molecule has 4 bridgehead atoms. The first kappa shape index (κ1) is 19.9. The van der Waals surface area contributed by atoms with E-state index < -0.39 is 0 Å². The van der Waals surface area contributed by atoms with Gasteiger partial charge in [0.15, 0.2) is 11.0 Å². The normalized spacial score (nSPS) is 30.2. The topological polar surface area (TPSA) is 59.8 Å². The van der Waals surface area contributed by atoms with Crippen molar-refractivity contribution < 1.29 is 4.79 Å². The molecule has 5 nitrogen and oxygen atoms in total. The molecule has 1 atom stereocenters. The molecule has 158 valence electrons. The van der Waals surface area contributed by atoms with Crippen molar-refractivity contribution in [3.05, 3.63) is 43.0 Å². The minimum Gasteiger partial charge on any atom is -0.350 e. The summed E-state index contributed by atoms with van der Waals surface area (Å²) in [6.07, 6.45) is 9.51. The van der Waals surface area contributed by atoms with E-state index in [0.29, 0.717) is 6.54 Å². The number of nitrogens with zero attached hydrogens (tertiary/aromatic N) is 3. The Morgan fingerprint density at radius 1 is 1.20 bits per heavy atom. The Balaban J connectivity index is 1.30. The van der Waals surface area contributed by atoms with Gasteiger partial charge in [0, 0.05) is 17.6 Å². The van der Waals surface area contributed by atoms with E-state index in [1.165, 1.54) is 50.3 Å². The van der Waals surface area contributed by atoms with E-state index in [2.05, 4.69) is 22.1 Å². The maximum atomic E-state index is 13.2. The van der Waals surface area contributed by atoms with Crippen molar-refractivity contribution in [1.82, 2.24) is 20.1 Å². The molecule has 0 aliphatic heterocycles. The Bertz CT molecular complexity index is 903. The Morgan fingerprint density at radius 2 is 1.83 bits per heavy atom. The molecule has 1 N–H and O–H groups in total. The fourth-order valence-electron chi connectivity index (χ4n) is 6.31. The molecule has 1 aromatic carbocycles. The van der Waals surface area contributed by atoms with Gasteiger partial charge in [0.05, 0.1) is 5.25 Å². The molecule has 1 heterocycles. The molecule has 4 aliphatic rings. The lowest BCUT2D eigenvalue weighted by Crippen LogP contribution is -2.60. The molecule has 1 aromatic heterocycles. The number of amides is 1. The number of nitrogens with one attached hydrogen (secondary N) is 1. The minimum atomic E-state index is -0.214. The van der Waals surface area contributed by atoms with Crippen LogP contribution in [0.15, 0.2) is 48.1 Å². The van der Waals surface area contributed by atoms with Gasteiger partial charge in [-0.2, -0.15) is 0 Å². The maximum absolute atomic E-state index is 13.2. The van der Waals surface area contributed by atoms with Crippen LogP contribution in [0.2, 0.25) is 0 Å². The lowest BCUT2D eigenvalue weighted by Gasteiger charge is -2.57. The van der Waals surface area contributed by atoms with E-state index in [0.717, 1.165) is 34.3 Å². The largest absolute Gasteiger partial charge is 0.350 e. The molecular formula is C24H30N4OS. The summed E-state index contributed by atoms with van der Waals surface area (Å²) in [5.41, 5.74) is 1.06. The number of thioether (sulfide) groups is 1. The van der Waals surface area contributed by atoms with Crippen LogP contribution < -0.4 is 5.32 Å². The van der Waals surface area contributed by atoms with Crippen LogP contribution in [0.5, 0.6) is 0 Å². The van der Waals surface area contributed by atoms with Gasteiger partial charge in [-0.1, -0.05) is 48.2 Å². The number of aromatic nitrogens is 3. The van der Waals surface area contributed by atoms with E-state index in [4.69, 9.17) is 0 Å². The van der Waals surface area contributed by atoms with Gasteiger partial charge in [-0.05, 0) is 63.2 Å². The second-order valence-electron chi connectivity index (χ2n) is 9.52. The second kappa shape index (κ2) is 7.88. The van der Waals surface area contributed by atoms with Crippen molar-refractivity contribution in [3.63, 3.8) is 0 Å². The predicted octanol–water partition coefficient (Wildman–Crippen LogP) is 4.70. The summed E-state index contributed by atoms with van der Waals surface area (Å²) in [4.78, 5) is 13.2. The maximum Gasteiger partial charge on any atom is 0.233 e. The fraction of sp³-hybridized carbons (Fsp3) is 0.542. The predicted molar refractivity (Wildman–Crippen MR) is 120 cm³/mol. The standard InChI is InChI=1S/C24H30N4OS/c1-3-9-28-21(20-7-5-4-6-8-20)26-27-23(28)30-16(2)22(29)25-24-13-17-10-18(14-24)12-19(11-17)15-24/h3-8,16-19H,1,9-15H2,2H3,(H,25,29)/t16-,17?,18?,19?,24?/m0/s1. The highest BCUT2D eigenvalue weighted by molar-refractivity contribution is 8.00. The number of carbonyl (C=O) groups is 1. The summed E-state index contributed by atoms with van der Waals surface area (Å²) in [6.45, 7) is 6.48. The van der Waals surface area contributed by atoms with Crippen LogP contribution in [0.25, 0.3) is 11.4 Å². The molecule has 6 rings (SSSR count). The average Bonchev–Trinajstić information content (AvgIpc) is 3.10. The number of rotatable bonds is 7. The Kier molecular flexibility index (Phi) is 5.21. The highest BCUT2D eigenvalue weighted by Gasteiger charge is 2.51. The van der Waals surface area contributed by atoms with Gasteiger partial charge >= 0.3 is 0 Å². The first-order valence-electron chi connectivity index (χ1n) is 11.1. The van der Waals surface area contributed by atoms with E-state index >= 15 is 0 Å². The zero-order chi connectivity index (χ0) is 20.7. The summed E-state index contributed by atoms with van der Waals surface area (Å²) in [6, 6.07) is 10.0. The van der Waals surface area contributed by atoms with Gasteiger partial charge in [0.2, 0.25) is 5.91 Å². The van der Waals surface area contributed by atoms with Gasteiger partial charge in [-0.15, -0.1) is 16.8 Å². The van der Waals surface area contributed by atoms with Crippen LogP contribution in [-0.4, -0.2) is 31.5 Å². The molecule has 0 radical (unpaired) electrons. The van der Waals surface area contributed by atoms with E-state index in [1.807, 2.05) is 47.9 Å². The zero-order valence-electron chi connectivity index (χ0n) is 17.6. The van der Waals surface area contributed by atoms with Crippen LogP contribution in [0.4, 0.5) is 0 Å². The summed E-state index contributed by atoms with van der Waals surface area (Å²) < 4.78 is 2.04. The van der Waals surface area contributed by atoms with Crippen molar-refractivity contribution >= 4 is 17.7 Å². The third-order valence-electron chi connectivity index (χ3n) is 7.14. The zero-order valence-corrected chi connectivity index (χ0v) is 18.4. The van der Waals surface area contributed by atoms with Crippen molar-refractivity contribution in [3.8, 4) is 11.4 Å². The third kappa shape index (κ3) is 3.70. The van der Waals surface area contributed by atoms with Crippen molar-refractivity contribution in [2.75, 3.05) is 0 Å². The number of hydrogen-bond acceptors (Lipinski definition) is 4. The second-order valence-corrected chi connectivity index (χ2v) is 10.8. The number of carbonyl (C=O) groups excluding carboxylic acids is 1. The summed E-state index contributed by atoms with van der Waals surface area (Å²) in [7, 11) is 0. The molecule has 1 amide bonds. The molecule has 30 heavy (non-hydrogen) atoms. The Morgan fingerprint density at radius 3 is 2.43 bits per heavy atom. The van der Waals surface area contributed by atoms with E-state index in [-0.39, 0.29) is 16.7 Å². The number of allylic oxidation sites excluding steroid dienone is 1. The fourth-order valence-corrected chi connectivity index (χ4v) is 7.17. The highest BCUT2D eigenvalue weighted by Crippen LogP contribution is 2.55. The van der Waals surface area contributed by atoms with Crippen molar-refractivity contribution in [2.24, 2.45) is 17.8 Å². The molecule has 2 aromatic rings.